The zero-order valence-electron chi connectivity index (χ0n) is 7.19. The van der Waals surface area contributed by atoms with Crippen LogP contribution in [0.25, 0.3) is 6.08 Å². The number of hydrogen-bond acceptors (Lipinski definition) is 1. The molecule has 12 heavy (non-hydrogen) atoms. The van der Waals surface area contributed by atoms with Crippen LogP contribution in [0.3, 0.4) is 0 Å². The molecule has 0 amide bonds. The summed E-state index contributed by atoms with van der Waals surface area (Å²) in [5.74, 6) is 0. The maximum atomic E-state index is 4.17. The number of rotatable bonds is 3. The van der Waals surface area contributed by atoms with Gasteiger partial charge in [-0.2, -0.15) is 0 Å². The zero-order valence-corrected chi connectivity index (χ0v) is 10.1. The minimum atomic E-state index is 0.403. The third-order valence-corrected chi connectivity index (χ3v) is 2.03. The zero-order chi connectivity index (χ0) is 8.97. The molecule has 0 saturated heterocycles. The van der Waals surface area contributed by atoms with Crippen LogP contribution in [0.2, 0.25) is 0 Å². The van der Waals surface area contributed by atoms with Crippen LogP contribution in [-0.2, 0) is 19.4 Å². The first-order chi connectivity index (χ1) is 5.75. The van der Waals surface area contributed by atoms with Crippen LogP contribution >= 0.6 is 0 Å². The summed E-state index contributed by atoms with van der Waals surface area (Å²) >= 11 is 1.46. The van der Waals surface area contributed by atoms with E-state index in [1.807, 2.05) is 16.8 Å². The van der Waals surface area contributed by atoms with Gasteiger partial charge in [-0.3, -0.25) is 0 Å². The minimum absolute atomic E-state index is 0.403. The Labute approximate surface area is 83.7 Å². The molecule has 0 saturated carbocycles. The molecule has 0 unspecified atom stereocenters. The van der Waals surface area contributed by atoms with Gasteiger partial charge in [-0.1, -0.05) is 0 Å². The molecular formula is C9H11N2W-. The van der Waals surface area contributed by atoms with E-state index in [9.17, 15) is 0 Å². The summed E-state index contributed by atoms with van der Waals surface area (Å²) < 4.78 is 4.03. The molecule has 0 atom stereocenters. The first-order valence-corrected chi connectivity index (χ1v) is 5.52. The van der Waals surface area contributed by atoms with E-state index in [-0.39, 0.29) is 0 Å². The summed E-state index contributed by atoms with van der Waals surface area (Å²) in [6.45, 7) is 4.22. The van der Waals surface area contributed by atoms with Crippen LogP contribution in [0.5, 0.6) is 0 Å². The summed E-state index contributed by atoms with van der Waals surface area (Å²) in [6, 6.07) is 3.48. The molecule has 0 fully saturated rings. The van der Waals surface area contributed by atoms with Gasteiger partial charge in [0.15, 0.2) is 0 Å². The summed E-state index contributed by atoms with van der Waals surface area (Å²) in [4.78, 5) is 0. The Balaban J connectivity index is 2.91. The molecule has 0 spiro atoms. The number of nitrogens with zero attached hydrogens (tertiary/aromatic N) is 2. The Hall–Kier alpha value is -0.492. The van der Waals surface area contributed by atoms with Crippen molar-refractivity contribution in [2.75, 3.05) is 0 Å². The van der Waals surface area contributed by atoms with Crippen LogP contribution in [0.4, 0.5) is 0 Å². The Kier molecular flexibility index (Phi) is 3.61. The van der Waals surface area contributed by atoms with Gasteiger partial charge in [0.2, 0.25) is 0 Å². The van der Waals surface area contributed by atoms with E-state index in [4.69, 9.17) is 0 Å². The average molecular weight is 331 g/mol. The molecule has 0 N–H and O–H groups in total. The van der Waals surface area contributed by atoms with Crippen LogP contribution < -0.4 is 0 Å². The fourth-order valence-electron chi connectivity index (χ4n) is 0.952. The topological polar surface area (TPSA) is 17.8 Å². The Morgan fingerprint density at radius 3 is 3.00 bits per heavy atom. The summed E-state index contributed by atoms with van der Waals surface area (Å²) in [6.07, 6.45) is 5.77. The molecule has 1 aromatic rings. The van der Waals surface area contributed by atoms with E-state index in [1.165, 1.54) is 19.4 Å². The van der Waals surface area contributed by atoms with E-state index in [0.29, 0.717) is 6.04 Å². The molecule has 64 valence electrons. The van der Waals surface area contributed by atoms with Crippen molar-refractivity contribution in [1.29, 1.82) is 0 Å². The van der Waals surface area contributed by atoms with Crippen molar-refractivity contribution in [2.24, 2.45) is 0 Å². The summed E-state index contributed by atoms with van der Waals surface area (Å²) in [5.41, 5.74) is 1.04. The summed E-state index contributed by atoms with van der Waals surface area (Å²) in [7, 11) is 0. The number of hydrogen-bond donors (Lipinski definition) is 0. The first kappa shape index (κ1) is 9.60. The van der Waals surface area contributed by atoms with Crippen LogP contribution in [0, 0.1) is 6.07 Å². The monoisotopic (exact) mass is 331 g/mol. The standard InChI is InChI=1S/C9H11N2.W/c1-4-5-9-6-7-10-11(9)8(2)3;/h1,4-5,7-8H,2-3H3;/q-1;/b5-4-;. The maximum absolute atomic E-state index is 4.17. The van der Waals surface area contributed by atoms with E-state index in [1.54, 1.807) is 6.20 Å². The molecule has 0 radical (unpaired) electrons. The second-order valence-corrected chi connectivity index (χ2v) is 3.69. The molecule has 0 aliphatic carbocycles. The van der Waals surface area contributed by atoms with Crippen LogP contribution in [-0.4, -0.2) is 14.2 Å². The summed E-state index contributed by atoms with van der Waals surface area (Å²) in [5, 5.41) is 4.17. The van der Waals surface area contributed by atoms with Gasteiger partial charge in [0.1, 0.15) is 0 Å². The van der Waals surface area contributed by atoms with Crippen molar-refractivity contribution in [3.05, 3.63) is 24.0 Å². The van der Waals surface area contributed by atoms with Crippen molar-refractivity contribution in [3.63, 3.8) is 0 Å². The molecule has 0 bridgehead atoms. The normalized spacial score (nSPS) is 11.2. The van der Waals surface area contributed by atoms with Crippen molar-refractivity contribution in [3.8, 4) is 0 Å². The molecule has 0 aliphatic heterocycles. The van der Waals surface area contributed by atoms with Gasteiger partial charge in [-0.25, -0.2) is 0 Å². The van der Waals surface area contributed by atoms with E-state index >= 15 is 0 Å². The van der Waals surface area contributed by atoms with E-state index in [2.05, 4.69) is 29.4 Å². The van der Waals surface area contributed by atoms with Gasteiger partial charge in [0, 0.05) is 0 Å². The van der Waals surface area contributed by atoms with Crippen molar-refractivity contribution >= 4 is 10.5 Å². The van der Waals surface area contributed by atoms with Crippen molar-refractivity contribution in [1.82, 2.24) is 9.78 Å². The van der Waals surface area contributed by atoms with E-state index < -0.39 is 0 Å². The van der Waals surface area contributed by atoms with Gasteiger partial charge in [-0.05, 0) is 0 Å². The molecule has 2 nitrogen and oxygen atoms in total. The molecule has 1 rings (SSSR count). The molecule has 0 aromatic carbocycles. The third kappa shape index (κ3) is 2.25. The Morgan fingerprint density at radius 2 is 2.42 bits per heavy atom. The van der Waals surface area contributed by atoms with Gasteiger partial charge in [-0.15, -0.1) is 0 Å². The molecule has 1 aromatic heterocycles. The molecule has 1 heterocycles. The van der Waals surface area contributed by atoms with Gasteiger partial charge in [0.25, 0.3) is 0 Å². The first-order valence-electron chi connectivity index (χ1n) is 3.82. The van der Waals surface area contributed by atoms with Gasteiger partial charge >= 0.3 is 83.5 Å². The average Bonchev–Trinajstić information content (AvgIpc) is 2.48. The third-order valence-electron chi connectivity index (χ3n) is 1.46. The fraction of sp³-hybridized carbons (Fsp3) is 0.333. The predicted octanol–water partition coefficient (Wildman–Crippen LogP) is 1.63. The van der Waals surface area contributed by atoms with Crippen molar-refractivity contribution < 1.29 is 19.4 Å². The quantitative estimate of drug-likeness (QED) is 0.770. The second-order valence-electron chi connectivity index (χ2n) is 2.71. The number of aromatic nitrogens is 2. The Bertz CT molecular complexity index is 286. The van der Waals surface area contributed by atoms with Gasteiger partial charge in [0.05, 0.1) is 0 Å². The molecule has 3 heteroatoms. The second kappa shape index (κ2) is 4.51. The predicted molar refractivity (Wildman–Crippen MR) is 46.5 cm³/mol. The van der Waals surface area contributed by atoms with Crippen molar-refractivity contribution in [2.45, 2.75) is 19.9 Å². The van der Waals surface area contributed by atoms with E-state index in [0.717, 1.165) is 5.69 Å². The SMILES string of the molecule is CC(C)n1nc[c-]c1/C=C\[CH]=[W]. The van der Waals surface area contributed by atoms with Crippen LogP contribution in [0.15, 0.2) is 12.3 Å². The van der Waals surface area contributed by atoms with Gasteiger partial charge < -0.3 is 0 Å². The Morgan fingerprint density at radius 1 is 1.67 bits per heavy atom. The van der Waals surface area contributed by atoms with Crippen LogP contribution in [0.1, 0.15) is 25.6 Å². The molecular weight excluding hydrogens is 320 g/mol. The fourth-order valence-corrected chi connectivity index (χ4v) is 1.23. The molecule has 0 aliphatic rings. The number of allylic oxidation sites excluding steroid dienone is 1.